The van der Waals surface area contributed by atoms with Gasteiger partial charge in [-0.15, -0.1) is 0 Å². The van der Waals surface area contributed by atoms with E-state index in [4.69, 9.17) is 4.74 Å². The van der Waals surface area contributed by atoms with Gasteiger partial charge in [0, 0.05) is 0 Å². The van der Waals surface area contributed by atoms with E-state index >= 15 is 0 Å². The monoisotopic (exact) mass is 414 g/mol. The average Bonchev–Trinajstić information content (AvgIpc) is 2.71. The van der Waals surface area contributed by atoms with E-state index in [0.717, 1.165) is 24.8 Å². The van der Waals surface area contributed by atoms with Crippen molar-refractivity contribution in [3.63, 3.8) is 0 Å². The molecule has 0 bridgehead atoms. The van der Waals surface area contributed by atoms with Crippen LogP contribution < -0.4 is 0 Å². The van der Waals surface area contributed by atoms with Crippen LogP contribution >= 0.6 is 0 Å². The van der Waals surface area contributed by atoms with Gasteiger partial charge in [0.15, 0.2) is 11.6 Å². The largest absolute Gasteiger partial charge is 0.386 e. The average molecular weight is 415 g/mol. The summed E-state index contributed by atoms with van der Waals surface area (Å²) in [7, 11) is 0. The van der Waals surface area contributed by atoms with E-state index in [1.165, 1.54) is 44.6 Å². The van der Waals surface area contributed by atoms with Crippen molar-refractivity contribution in [2.45, 2.75) is 96.7 Å². The molecule has 0 unspecified atom stereocenters. The van der Waals surface area contributed by atoms with Gasteiger partial charge < -0.3 is 4.74 Å². The van der Waals surface area contributed by atoms with Crippen LogP contribution in [-0.4, -0.2) is 6.10 Å². The maximum absolute atomic E-state index is 14.6. The highest BCUT2D eigenvalue weighted by atomic mass is 19.3. The van der Waals surface area contributed by atoms with Crippen molar-refractivity contribution in [2.75, 3.05) is 0 Å². The topological polar surface area (TPSA) is 9.23 Å². The third-order valence-electron chi connectivity index (χ3n) is 7.15. The molecule has 0 amide bonds. The molecule has 0 heterocycles. The first-order valence-corrected chi connectivity index (χ1v) is 11.4. The highest BCUT2D eigenvalue weighted by Gasteiger charge is 2.41. The third kappa shape index (κ3) is 5.34. The Labute approximate surface area is 172 Å². The van der Waals surface area contributed by atoms with Crippen molar-refractivity contribution in [1.29, 1.82) is 0 Å². The van der Waals surface area contributed by atoms with Gasteiger partial charge in [-0.25, -0.2) is 8.78 Å². The number of benzene rings is 1. The number of hydrogen-bond acceptors (Lipinski definition) is 1. The standard InChI is InChI=1S/C24H34F4O/c1-3-5-16-6-8-18(9-7-16)19-10-13-20(14-11-19)29-24(27,28)21-15-12-17(4-2)22(25)23(21)26/h12,15-16,18-20H,3-11,13-14H2,1-2H3. The van der Waals surface area contributed by atoms with Crippen LogP contribution in [0.4, 0.5) is 17.6 Å². The molecule has 1 aromatic carbocycles. The molecular weight excluding hydrogens is 380 g/mol. The van der Waals surface area contributed by atoms with Crippen molar-refractivity contribution in [3.05, 3.63) is 34.9 Å². The molecule has 164 valence electrons. The quantitative estimate of drug-likeness (QED) is 0.414. The number of rotatable bonds is 7. The minimum Gasteiger partial charge on any atom is -0.313 e. The molecular formula is C24H34F4O. The zero-order chi connectivity index (χ0) is 21.0. The summed E-state index contributed by atoms with van der Waals surface area (Å²) in [4.78, 5) is 0. The van der Waals surface area contributed by atoms with E-state index in [0.29, 0.717) is 24.7 Å². The predicted octanol–water partition coefficient (Wildman–Crippen LogP) is 7.76. The summed E-state index contributed by atoms with van der Waals surface area (Å²) in [5.41, 5.74) is -0.903. The lowest BCUT2D eigenvalue weighted by atomic mass is 9.70. The highest BCUT2D eigenvalue weighted by Crippen LogP contribution is 2.43. The predicted molar refractivity (Wildman–Crippen MR) is 107 cm³/mol. The molecule has 0 spiro atoms. The van der Waals surface area contributed by atoms with Crippen LogP contribution in [0.1, 0.15) is 89.2 Å². The zero-order valence-corrected chi connectivity index (χ0v) is 17.7. The minimum atomic E-state index is -3.81. The lowest BCUT2D eigenvalue weighted by molar-refractivity contribution is -0.280. The van der Waals surface area contributed by atoms with Crippen molar-refractivity contribution in [2.24, 2.45) is 17.8 Å². The van der Waals surface area contributed by atoms with Crippen LogP contribution in [-0.2, 0) is 17.3 Å². The van der Waals surface area contributed by atoms with Gasteiger partial charge in [-0.1, -0.05) is 45.6 Å². The van der Waals surface area contributed by atoms with Gasteiger partial charge in [0.25, 0.3) is 0 Å². The Kier molecular flexibility index (Phi) is 7.63. The second kappa shape index (κ2) is 9.80. The first-order valence-electron chi connectivity index (χ1n) is 11.4. The van der Waals surface area contributed by atoms with E-state index in [9.17, 15) is 17.6 Å². The molecule has 29 heavy (non-hydrogen) atoms. The van der Waals surface area contributed by atoms with E-state index in [1.54, 1.807) is 6.92 Å². The molecule has 2 aliphatic carbocycles. The van der Waals surface area contributed by atoms with Crippen LogP contribution in [0.25, 0.3) is 0 Å². The van der Waals surface area contributed by atoms with Crippen LogP contribution in [0, 0.1) is 29.4 Å². The van der Waals surface area contributed by atoms with Gasteiger partial charge in [0.1, 0.15) is 0 Å². The first kappa shape index (κ1) is 22.6. The van der Waals surface area contributed by atoms with Gasteiger partial charge in [0.2, 0.25) is 0 Å². The lowest BCUT2D eigenvalue weighted by Gasteiger charge is -2.38. The molecule has 1 aromatic rings. The van der Waals surface area contributed by atoms with E-state index in [1.807, 2.05) is 0 Å². The summed E-state index contributed by atoms with van der Waals surface area (Å²) < 4.78 is 62.2. The van der Waals surface area contributed by atoms with Gasteiger partial charge in [0.05, 0.1) is 11.7 Å². The molecule has 0 N–H and O–H groups in total. The normalized spacial score (nSPS) is 28.5. The molecule has 0 aliphatic heterocycles. The Morgan fingerprint density at radius 2 is 1.45 bits per heavy atom. The minimum absolute atomic E-state index is 0.0937. The summed E-state index contributed by atoms with van der Waals surface area (Å²) in [6.07, 6.45) is 6.39. The molecule has 1 nitrogen and oxygen atoms in total. The van der Waals surface area contributed by atoms with Crippen molar-refractivity contribution in [1.82, 2.24) is 0 Å². The van der Waals surface area contributed by atoms with Crippen molar-refractivity contribution in [3.8, 4) is 0 Å². The Morgan fingerprint density at radius 3 is 2.00 bits per heavy atom. The molecule has 3 rings (SSSR count). The van der Waals surface area contributed by atoms with Gasteiger partial charge in [-0.3, -0.25) is 0 Å². The zero-order valence-electron chi connectivity index (χ0n) is 17.7. The Morgan fingerprint density at radius 1 is 0.862 bits per heavy atom. The highest BCUT2D eigenvalue weighted by molar-refractivity contribution is 5.28. The van der Waals surface area contributed by atoms with Gasteiger partial charge in [-0.2, -0.15) is 8.78 Å². The fourth-order valence-corrected chi connectivity index (χ4v) is 5.39. The molecule has 0 radical (unpaired) electrons. The smallest absolute Gasteiger partial charge is 0.313 e. The lowest BCUT2D eigenvalue weighted by Crippen LogP contribution is -2.33. The molecule has 2 fully saturated rings. The summed E-state index contributed by atoms with van der Waals surface area (Å²) >= 11 is 0. The molecule has 5 heteroatoms. The summed E-state index contributed by atoms with van der Waals surface area (Å²) in [5.74, 6) is -0.534. The molecule has 2 saturated carbocycles. The molecule has 0 saturated heterocycles. The first-order chi connectivity index (χ1) is 13.9. The van der Waals surface area contributed by atoms with E-state index in [2.05, 4.69) is 6.92 Å². The maximum Gasteiger partial charge on any atom is 0.386 e. The SMILES string of the molecule is CCCC1CCC(C2CCC(OC(F)(F)c3ccc(CC)c(F)c3F)CC2)CC1. The molecule has 2 aliphatic rings. The van der Waals surface area contributed by atoms with Crippen LogP contribution in [0.15, 0.2) is 12.1 Å². The number of halogens is 4. The molecule has 0 atom stereocenters. The second-order valence-corrected chi connectivity index (χ2v) is 8.99. The van der Waals surface area contributed by atoms with Crippen molar-refractivity contribution < 1.29 is 22.3 Å². The number of aryl methyl sites for hydroxylation is 1. The third-order valence-corrected chi connectivity index (χ3v) is 7.15. The number of ether oxygens (including phenoxy) is 1. The van der Waals surface area contributed by atoms with Gasteiger partial charge >= 0.3 is 6.11 Å². The summed E-state index contributed by atoms with van der Waals surface area (Å²) in [6.45, 7) is 3.89. The van der Waals surface area contributed by atoms with E-state index in [-0.39, 0.29) is 12.0 Å². The second-order valence-electron chi connectivity index (χ2n) is 8.99. The Bertz CT molecular complexity index is 659. The molecule has 0 aromatic heterocycles. The number of hydrogen-bond donors (Lipinski definition) is 0. The van der Waals surface area contributed by atoms with E-state index < -0.39 is 29.4 Å². The van der Waals surface area contributed by atoms with Crippen LogP contribution in [0.3, 0.4) is 0 Å². The van der Waals surface area contributed by atoms with Gasteiger partial charge in [-0.05, 0) is 74.3 Å². The Balaban J connectivity index is 1.53. The summed E-state index contributed by atoms with van der Waals surface area (Å²) in [5, 5.41) is 0. The van der Waals surface area contributed by atoms with Crippen LogP contribution in [0.5, 0.6) is 0 Å². The Hall–Kier alpha value is -1.10. The maximum atomic E-state index is 14.6. The fourth-order valence-electron chi connectivity index (χ4n) is 5.39. The van der Waals surface area contributed by atoms with Crippen molar-refractivity contribution >= 4 is 0 Å². The summed E-state index contributed by atoms with van der Waals surface area (Å²) in [6, 6.07) is 2.18. The van der Waals surface area contributed by atoms with Crippen LogP contribution in [0.2, 0.25) is 0 Å². The fraction of sp³-hybridized carbons (Fsp3) is 0.750. The number of alkyl halides is 2.